The highest BCUT2D eigenvalue weighted by Gasteiger charge is 2.27. The summed E-state index contributed by atoms with van der Waals surface area (Å²) >= 11 is 3.89. The summed E-state index contributed by atoms with van der Waals surface area (Å²) in [5, 5.41) is 16.4. The molecule has 0 saturated heterocycles. The fraction of sp³-hybridized carbons (Fsp3) is 0.294. The predicted molar refractivity (Wildman–Crippen MR) is 316 cm³/mol. The Bertz CT molecular complexity index is 3520. The Kier molecular flexibility index (Phi) is 13.4. The first-order valence-corrected chi connectivity index (χ1v) is 28.9. The van der Waals surface area contributed by atoms with Gasteiger partial charge in [0, 0.05) is 58.7 Å². The van der Waals surface area contributed by atoms with Crippen molar-refractivity contribution in [1.29, 1.82) is 0 Å². The van der Waals surface area contributed by atoms with E-state index >= 15 is 0 Å². The molecular formula is C68H67NS2. The van der Waals surface area contributed by atoms with Crippen LogP contribution in [0.4, 0.5) is 0 Å². The number of aromatic nitrogens is 1. The number of unbranched alkanes of at least 4 members (excludes halogenated alkanes) is 12. The molecule has 3 heterocycles. The average Bonchev–Trinajstić information content (AvgIpc) is 4.19. The summed E-state index contributed by atoms with van der Waals surface area (Å²) in [6.07, 6.45) is 21.7. The highest BCUT2D eigenvalue weighted by Crippen LogP contribution is 2.52. The van der Waals surface area contributed by atoms with Crippen LogP contribution in [0.2, 0.25) is 0 Å². The summed E-state index contributed by atoms with van der Waals surface area (Å²) in [4.78, 5) is 5.33. The quantitative estimate of drug-likeness (QED) is 0.0362. The molecule has 12 rings (SSSR count). The van der Waals surface area contributed by atoms with E-state index in [4.69, 9.17) is 0 Å². The molecule has 3 heteroatoms. The number of hydrogen-bond donors (Lipinski definition) is 0. The maximum absolute atomic E-state index is 2.84. The van der Waals surface area contributed by atoms with Gasteiger partial charge in [0.05, 0.1) is 11.0 Å². The van der Waals surface area contributed by atoms with Gasteiger partial charge in [-0.05, 0) is 122 Å². The molecule has 0 aliphatic heterocycles. The van der Waals surface area contributed by atoms with Gasteiger partial charge in [0.1, 0.15) is 0 Å². The van der Waals surface area contributed by atoms with Crippen molar-refractivity contribution in [3.63, 3.8) is 0 Å². The largest absolute Gasteiger partial charge is 0.340 e. The molecule has 12 aromatic rings. The third kappa shape index (κ3) is 8.93. The van der Waals surface area contributed by atoms with E-state index < -0.39 is 0 Å². The van der Waals surface area contributed by atoms with Crippen molar-refractivity contribution in [2.75, 3.05) is 0 Å². The van der Waals surface area contributed by atoms with Gasteiger partial charge in [-0.2, -0.15) is 0 Å². The number of thiophene rings is 2. The normalized spacial score (nSPS) is 12.7. The second-order valence-electron chi connectivity index (χ2n) is 20.8. The molecule has 0 spiro atoms. The van der Waals surface area contributed by atoms with E-state index in [2.05, 4.69) is 176 Å². The van der Waals surface area contributed by atoms with Gasteiger partial charge in [0.2, 0.25) is 0 Å². The summed E-state index contributed by atoms with van der Waals surface area (Å²) in [7, 11) is 0. The zero-order chi connectivity index (χ0) is 47.7. The molecule has 0 amide bonds. The van der Waals surface area contributed by atoms with Gasteiger partial charge in [0.15, 0.2) is 0 Å². The summed E-state index contributed by atoms with van der Waals surface area (Å²) in [5.41, 5.74) is 8.13. The molecule has 71 heavy (non-hydrogen) atoms. The molecule has 356 valence electrons. The third-order valence-corrected chi connectivity index (χ3v) is 18.4. The monoisotopic (exact) mass is 961 g/mol. The molecule has 0 radical (unpaired) electrons. The molecular weight excluding hydrogens is 895 g/mol. The number of fused-ring (bicyclic) bond motifs is 3. The zero-order valence-corrected chi connectivity index (χ0v) is 43.5. The second-order valence-corrected chi connectivity index (χ2v) is 23.0. The lowest BCUT2D eigenvalue weighted by molar-refractivity contribution is 0.364. The van der Waals surface area contributed by atoms with Crippen LogP contribution in [0, 0.1) is 5.92 Å². The average molecular weight is 962 g/mol. The molecule has 0 aliphatic rings. The van der Waals surface area contributed by atoms with Gasteiger partial charge in [-0.3, -0.25) is 0 Å². The predicted octanol–water partition coefficient (Wildman–Crippen LogP) is 22.1. The van der Waals surface area contributed by atoms with Crippen LogP contribution in [0.15, 0.2) is 158 Å². The number of benzene rings is 9. The fourth-order valence-electron chi connectivity index (χ4n) is 12.4. The molecule has 0 fully saturated rings. The van der Waals surface area contributed by atoms with Gasteiger partial charge in [-0.25, -0.2) is 0 Å². The summed E-state index contributed by atoms with van der Waals surface area (Å²) in [5.74, 6) is 0.632. The standard InChI is InChI=1S/C68H67NS2/c1-3-5-7-9-11-12-14-16-24-46(23-15-13-10-8-6-4-2)45-69-59-43-57(63-39-37-61(70-63)51-35-33-47-25-17-19-27-49(47)41-51)55-31-21-29-53-54-30-22-32-56-58(44-60(69)68(66(54)56)67(59)65(53)55)64-40-38-62(71-64)52-36-34-48-26-18-20-28-50(48)42-52/h17-22,25-44,46H,3-16,23-24,45H2,1-2H3. The van der Waals surface area contributed by atoms with E-state index in [1.807, 2.05) is 22.7 Å². The Morgan fingerprint density at radius 1 is 0.352 bits per heavy atom. The second kappa shape index (κ2) is 20.6. The molecule has 0 saturated carbocycles. The van der Waals surface area contributed by atoms with Crippen molar-refractivity contribution in [2.24, 2.45) is 5.92 Å². The van der Waals surface area contributed by atoms with Crippen molar-refractivity contribution in [3.05, 3.63) is 158 Å². The van der Waals surface area contributed by atoms with Crippen molar-refractivity contribution < 1.29 is 0 Å². The van der Waals surface area contributed by atoms with E-state index in [0.717, 1.165) is 6.54 Å². The fourth-order valence-corrected chi connectivity index (χ4v) is 14.4. The summed E-state index contributed by atoms with van der Waals surface area (Å²) in [6, 6.07) is 60.5. The lowest BCUT2D eigenvalue weighted by atomic mass is 9.87. The van der Waals surface area contributed by atoms with Crippen molar-refractivity contribution in [3.8, 4) is 41.8 Å². The van der Waals surface area contributed by atoms with Crippen molar-refractivity contribution in [1.82, 2.24) is 4.57 Å². The maximum atomic E-state index is 2.84. The first-order valence-electron chi connectivity index (χ1n) is 27.3. The molecule has 0 aliphatic carbocycles. The van der Waals surface area contributed by atoms with Gasteiger partial charge in [0.25, 0.3) is 0 Å². The minimum atomic E-state index is 0.632. The van der Waals surface area contributed by atoms with Crippen LogP contribution < -0.4 is 0 Å². The Morgan fingerprint density at radius 2 is 0.761 bits per heavy atom. The van der Waals surface area contributed by atoms with Crippen LogP contribution in [-0.2, 0) is 6.54 Å². The van der Waals surface area contributed by atoms with Crippen LogP contribution in [0.3, 0.4) is 0 Å². The highest BCUT2D eigenvalue weighted by atomic mass is 32.1. The van der Waals surface area contributed by atoms with Crippen molar-refractivity contribution in [2.45, 2.75) is 123 Å². The smallest absolute Gasteiger partial charge is 0.0504 e. The Labute approximate surface area is 428 Å². The van der Waals surface area contributed by atoms with Crippen LogP contribution in [-0.4, -0.2) is 4.57 Å². The van der Waals surface area contributed by atoms with Crippen LogP contribution in [0.1, 0.15) is 117 Å². The number of rotatable bonds is 22. The molecule has 1 atom stereocenters. The van der Waals surface area contributed by atoms with E-state index in [9.17, 15) is 0 Å². The maximum Gasteiger partial charge on any atom is 0.0504 e. The lowest BCUT2D eigenvalue weighted by Gasteiger charge is -2.20. The molecule has 9 aromatic carbocycles. The molecule has 1 unspecified atom stereocenters. The van der Waals surface area contributed by atoms with Gasteiger partial charge in [-0.15, -0.1) is 22.7 Å². The van der Waals surface area contributed by atoms with E-state index in [0.29, 0.717) is 5.92 Å². The zero-order valence-electron chi connectivity index (χ0n) is 41.9. The van der Waals surface area contributed by atoms with E-state index in [1.165, 1.54) is 220 Å². The minimum Gasteiger partial charge on any atom is -0.340 e. The van der Waals surface area contributed by atoms with Crippen molar-refractivity contribution >= 4 is 98.3 Å². The summed E-state index contributed by atoms with van der Waals surface area (Å²) < 4.78 is 2.84. The van der Waals surface area contributed by atoms with E-state index in [-0.39, 0.29) is 0 Å². The minimum absolute atomic E-state index is 0.632. The van der Waals surface area contributed by atoms with E-state index in [1.54, 1.807) is 0 Å². The van der Waals surface area contributed by atoms with Gasteiger partial charge < -0.3 is 4.57 Å². The third-order valence-electron chi connectivity index (χ3n) is 16.1. The highest BCUT2D eigenvalue weighted by molar-refractivity contribution is 7.19. The first kappa shape index (κ1) is 46.1. The van der Waals surface area contributed by atoms with Crippen LogP contribution in [0.5, 0.6) is 0 Å². The topological polar surface area (TPSA) is 4.93 Å². The molecule has 3 aromatic heterocycles. The SMILES string of the molecule is CCCCCCCCCCC(CCCCCCCC)Cn1c2cc(-c3ccc(-c4ccc5ccccc5c4)s3)c3cccc4c5cccc6c(-c7ccc(-c8ccc9ccccc9c8)s7)cc1c(c65)c2c34. The molecule has 1 nitrogen and oxygen atoms in total. The number of nitrogens with zero attached hydrogens (tertiary/aromatic N) is 1. The Balaban J connectivity index is 1.02. The van der Waals surface area contributed by atoms with Gasteiger partial charge >= 0.3 is 0 Å². The molecule has 0 N–H and O–H groups in total. The Morgan fingerprint density at radius 3 is 1.23 bits per heavy atom. The van der Waals surface area contributed by atoms with Crippen LogP contribution in [0.25, 0.3) is 117 Å². The number of hydrogen-bond acceptors (Lipinski definition) is 2. The van der Waals surface area contributed by atoms with Crippen LogP contribution >= 0.6 is 22.7 Å². The lowest BCUT2D eigenvalue weighted by Crippen LogP contribution is -2.11. The molecule has 0 bridgehead atoms. The van der Waals surface area contributed by atoms with Gasteiger partial charge in [-0.1, -0.05) is 213 Å². The first-order chi connectivity index (χ1) is 35.1. The summed E-state index contributed by atoms with van der Waals surface area (Å²) in [6.45, 7) is 5.72. The Hall–Kier alpha value is -6.00.